The van der Waals surface area contributed by atoms with Crippen LogP contribution in [0.3, 0.4) is 0 Å². The molecule has 0 unspecified atom stereocenters. The summed E-state index contributed by atoms with van der Waals surface area (Å²) in [5.41, 5.74) is 1.03. The maximum absolute atomic E-state index is 12.6. The van der Waals surface area contributed by atoms with Crippen molar-refractivity contribution in [3.05, 3.63) is 45.4 Å². The van der Waals surface area contributed by atoms with E-state index in [1.807, 2.05) is 4.90 Å². The average molecular weight is 364 g/mol. The zero-order valence-corrected chi connectivity index (χ0v) is 14.9. The number of aromatic nitrogens is 1. The molecule has 5 nitrogen and oxygen atoms in total. The minimum atomic E-state index is -0.327. The Morgan fingerprint density at radius 2 is 1.92 bits per heavy atom. The highest BCUT2D eigenvalue weighted by molar-refractivity contribution is 7.17. The van der Waals surface area contributed by atoms with Crippen LogP contribution >= 0.6 is 22.9 Å². The smallest absolute Gasteiger partial charge is 0.265 e. The van der Waals surface area contributed by atoms with Crippen molar-refractivity contribution in [1.29, 1.82) is 0 Å². The number of carbonyl (C=O) groups excluding carboxylic acids is 2. The SMILES string of the molecule is Cc1nc(NC(=O)c2ccccc2Cl)sc1C(=O)N1CCCCC1. The first-order valence-electron chi connectivity index (χ1n) is 7.89. The molecule has 1 aliphatic heterocycles. The van der Waals surface area contributed by atoms with Gasteiger partial charge in [-0.15, -0.1) is 0 Å². The molecule has 2 heterocycles. The third-order valence-electron chi connectivity index (χ3n) is 3.97. The molecule has 1 aromatic heterocycles. The molecule has 1 fully saturated rings. The largest absolute Gasteiger partial charge is 0.338 e. The number of aryl methyl sites for hydroxylation is 1. The molecule has 1 N–H and O–H groups in total. The molecule has 3 rings (SSSR count). The quantitative estimate of drug-likeness (QED) is 0.897. The van der Waals surface area contributed by atoms with E-state index in [0.29, 0.717) is 26.3 Å². The normalized spacial score (nSPS) is 14.5. The summed E-state index contributed by atoms with van der Waals surface area (Å²) >= 11 is 7.25. The summed E-state index contributed by atoms with van der Waals surface area (Å²) in [5.74, 6) is -0.325. The molecule has 24 heavy (non-hydrogen) atoms. The number of piperidine rings is 1. The standard InChI is InChI=1S/C17H18ClN3O2S/c1-11-14(16(23)21-9-5-2-6-10-21)24-17(19-11)20-15(22)12-7-3-4-8-13(12)18/h3-4,7-8H,2,5-6,9-10H2,1H3,(H,19,20,22). The van der Waals surface area contributed by atoms with Crippen LogP contribution in [-0.2, 0) is 0 Å². The Labute approximate surface area is 149 Å². The maximum Gasteiger partial charge on any atom is 0.265 e. The number of hydrogen-bond donors (Lipinski definition) is 1. The molecule has 0 radical (unpaired) electrons. The predicted molar refractivity (Wildman–Crippen MR) is 96.0 cm³/mol. The summed E-state index contributed by atoms with van der Waals surface area (Å²) in [6.07, 6.45) is 3.25. The number of benzene rings is 1. The Bertz CT molecular complexity index is 769. The fourth-order valence-electron chi connectivity index (χ4n) is 2.70. The summed E-state index contributed by atoms with van der Waals surface area (Å²) in [5, 5.41) is 3.53. The van der Waals surface area contributed by atoms with Crippen molar-refractivity contribution < 1.29 is 9.59 Å². The minimum Gasteiger partial charge on any atom is -0.338 e. The molecule has 0 bridgehead atoms. The number of anilines is 1. The molecule has 1 saturated heterocycles. The van der Waals surface area contributed by atoms with Gasteiger partial charge >= 0.3 is 0 Å². The van der Waals surface area contributed by atoms with Gasteiger partial charge < -0.3 is 4.90 Å². The number of amides is 2. The molecule has 0 atom stereocenters. The second-order valence-electron chi connectivity index (χ2n) is 5.72. The van der Waals surface area contributed by atoms with E-state index in [-0.39, 0.29) is 11.8 Å². The van der Waals surface area contributed by atoms with Crippen molar-refractivity contribution in [2.45, 2.75) is 26.2 Å². The van der Waals surface area contributed by atoms with E-state index in [9.17, 15) is 9.59 Å². The van der Waals surface area contributed by atoms with E-state index in [1.165, 1.54) is 17.8 Å². The third-order valence-corrected chi connectivity index (χ3v) is 5.36. The van der Waals surface area contributed by atoms with Crippen molar-refractivity contribution >= 4 is 39.9 Å². The number of likely N-dealkylation sites (tertiary alicyclic amines) is 1. The lowest BCUT2D eigenvalue weighted by atomic mass is 10.1. The number of hydrogen-bond acceptors (Lipinski definition) is 4. The van der Waals surface area contributed by atoms with Crippen LogP contribution in [0.1, 0.15) is 45.0 Å². The second kappa shape index (κ2) is 7.32. The van der Waals surface area contributed by atoms with E-state index < -0.39 is 0 Å². The van der Waals surface area contributed by atoms with E-state index in [1.54, 1.807) is 31.2 Å². The molecule has 2 amide bonds. The summed E-state index contributed by atoms with van der Waals surface area (Å²) in [6.45, 7) is 3.37. The van der Waals surface area contributed by atoms with Crippen LogP contribution < -0.4 is 5.32 Å². The van der Waals surface area contributed by atoms with Crippen molar-refractivity contribution in [3.8, 4) is 0 Å². The molecule has 1 aliphatic rings. The lowest BCUT2D eigenvalue weighted by molar-refractivity contribution is 0.0728. The van der Waals surface area contributed by atoms with Crippen molar-refractivity contribution in [2.75, 3.05) is 18.4 Å². The lowest BCUT2D eigenvalue weighted by Gasteiger charge is -2.26. The Morgan fingerprint density at radius 1 is 1.21 bits per heavy atom. The Kier molecular flexibility index (Phi) is 5.16. The molecule has 0 aliphatic carbocycles. The zero-order valence-electron chi connectivity index (χ0n) is 13.3. The van der Waals surface area contributed by atoms with Crippen LogP contribution in [0.5, 0.6) is 0 Å². The molecule has 0 saturated carbocycles. The highest BCUT2D eigenvalue weighted by atomic mass is 35.5. The Morgan fingerprint density at radius 3 is 2.62 bits per heavy atom. The highest BCUT2D eigenvalue weighted by Crippen LogP contribution is 2.26. The Balaban J connectivity index is 1.75. The molecule has 7 heteroatoms. The van der Waals surface area contributed by atoms with Crippen molar-refractivity contribution in [1.82, 2.24) is 9.88 Å². The zero-order chi connectivity index (χ0) is 17.1. The van der Waals surface area contributed by atoms with Gasteiger partial charge in [-0.25, -0.2) is 4.98 Å². The number of rotatable bonds is 3. The van der Waals surface area contributed by atoms with Crippen LogP contribution in [-0.4, -0.2) is 34.8 Å². The number of nitrogens with one attached hydrogen (secondary N) is 1. The van der Waals surface area contributed by atoms with E-state index in [2.05, 4.69) is 10.3 Å². The molecular formula is C17H18ClN3O2S. The Hall–Kier alpha value is -1.92. The van der Waals surface area contributed by atoms with Gasteiger partial charge in [0.15, 0.2) is 5.13 Å². The van der Waals surface area contributed by atoms with E-state index >= 15 is 0 Å². The molecule has 126 valence electrons. The van der Waals surface area contributed by atoms with Crippen LogP contribution in [0.4, 0.5) is 5.13 Å². The fraction of sp³-hybridized carbons (Fsp3) is 0.353. The van der Waals surface area contributed by atoms with Gasteiger partial charge in [0.25, 0.3) is 11.8 Å². The highest BCUT2D eigenvalue weighted by Gasteiger charge is 2.23. The van der Waals surface area contributed by atoms with Gasteiger partial charge in [0.2, 0.25) is 0 Å². The number of carbonyl (C=O) groups is 2. The molecule has 2 aromatic rings. The first-order chi connectivity index (χ1) is 11.6. The monoisotopic (exact) mass is 363 g/mol. The van der Waals surface area contributed by atoms with Gasteiger partial charge in [-0.1, -0.05) is 35.1 Å². The molecule has 0 spiro atoms. The number of nitrogens with zero attached hydrogens (tertiary/aromatic N) is 2. The first kappa shape index (κ1) is 16.9. The second-order valence-corrected chi connectivity index (χ2v) is 7.13. The summed E-state index contributed by atoms with van der Waals surface area (Å²) in [4.78, 5) is 31.7. The summed E-state index contributed by atoms with van der Waals surface area (Å²) in [7, 11) is 0. The first-order valence-corrected chi connectivity index (χ1v) is 9.08. The van der Waals surface area contributed by atoms with Crippen molar-refractivity contribution in [3.63, 3.8) is 0 Å². The summed E-state index contributed by atoms with van der Waals surface area (Å²) in [6, 6.07) is 6.83. The van der Waals surface area contributed by atoms with Crippen LogP contribution in [0.15, 0.2) is 24.3 Å². The van der Waals surface area contributed by atoms with Crippen molar-refractivity contribution in [2.24, 2.45) is 0 Å². The third kappa shape index (κ3) is 3.60. The maximum atomic E-state index is 12.6. The van der Waals surface area contributed by atoms with Crippen LogP contribution in [0.2, 0.25) is 5.02 Å². The average Bonchev–Trinajstić information content (AvgIpc) is 2.95. The van der Waals surface area contributed by atoms with Gasteiger partial charge in [0.05, 0.1) is 16.3 Å². The van der Waals surface area contributed by atoms with Gasteiger partial charge in [0.1, 0.15) is 4.88 Å². The topological polar surface area (TPSA) is 62.3 Å². The van der Waals surface area contributed by atoms with Gasteiger partial charge in [-0.2, -0.15) is 0 Å². The minimum absolute atomic E-state index is 0.00272. The fourth-order valence-corrected chi connectivity index (χ4v) is 3.85. The van der Waals surface area contributed by atoms with Gasteiger partial charge in [-0.05, 0) is 38.3 Å². The van der Waals surface area contributed by atoms with E-state index in [0.717, 1.165) is 25.9 Å². The predicted octanol–water partition coefficient (Wildman–Crippen LogP) is 3.98. The summed E-state index contributed by atoms with van der Waals surface area (Å²) < 4.78 is 0. The molecule has 1 aromatic carbocycles. The van der Waals surface area contributed by atoms with Gasteiger partial charge in [0, 0.05) is 13.1 Å². The van der Waals surface area contributed by atoms with Crippen LogP contribution in [0, 0.1) is 6.92 Å². The number of thiazole rings is 1. The van der Waals surface area contributed by atoms with Crippen LogP contribution in [0.25, 0.3) is 0 Å². The molecular weight excluding hydrogens is 346 g/mol. The van der Waals surface area contributed by atoms with E-state index in [4.69, 9.17) is 11.6 Å². The van der Waals surface area contributed by atoms with Gasteiger partial charge in [-0.3, -0.25) is 14.9 Å². The lowest BCUT2D eigenvalue weighted by Crippen LogP contribution is -2.35. The number of halogens is 1.